The van der Waals surface area contributed by atoms with Gasteiger partial charge in [-0.15, -0.1) is 0 Å². The van der Waals surface area contributed by atoms with Crippen LogP contribution in [0.2, 0.25) is 0 Å². The average Bonchev–Trinajstić information content (AvgIpc) is 3.60. The van der Waals surface area contributed by atoms with E-state index in [1.165, 1.54) is 31.4 Å². The van der Waals surface area contributed by atoms with E-state index < -0.39 is 29.8 Å². The molecule has 2 aliphatic rings. The van der Waals surface area contributed by atoms with Crippen LogP contribution in [-0.4, -0.2) is 41.5 Å². The van der Waals surface area contributed by atoms with Gasteiger partial charge in [0, 0.05) is 6.54 Å². The molecule has 0 aliphatic carbocycles. The number of nitrogens with zero attached hydrogens (tertiary/aromatic N) is 1. The van der Waals surface area contributed by atoms with Crippen LogP contribution in [0, 0.1) is 0 Å². The third kappa shape index (κ3) is 4.33. The average molecular weight is 476 g/mol. The van der Waals surface area contributed by atoms with Crippen LogP contribution in [-0.2, 0) is 22.6 Å². The summed E-state index contributed by atoms with van der Waals surface area (Å²) in [5, 5.41) is 2.70. The van der Waals surface area contributed by atoms with Crippen molar-refractivity contribution >= 4 is 23.7 Å². The van der Waals surface area contributed by atoms with Crippen molar-refractivity contribution in [2.24, 2.45) is 0 Å². The van der Waals surface area contributed by atoms with Crippen LogP contribution in [0.1, 0.15) is 49.3 Å². The Morgan fingerprint density at radius 3 is 2.63 bits per heavy atom. The number of carbonyl (C=O) groups is 4. The Balaban J connectivity index is 1.20. The Morgan fingerprint density at radius 1 is 1.03 bits per heavy atom. The zero-order valence-electron chi connectivity index (χ0n) is 18.6. The molecule has 0 saturated heterocycles. The van der Waals surface area contributed by atoms with Crippen molar-refractivity contribution in [1.82, 2.24) is 10.2 Å². The van der Waals surface area contributed by atoms with Gasteiger partial charge in [0.15, 0.2) is 17.6 Å². The number of furan rings is 1. The zero-order valence-corrected chi connectivity index (χ0v) is 18.6. The normalized spacial score (nSPS) is 14.6. The molecule has 178 valence electrons. The molecule has 2 aromatic carbocycles. The summed E-state index contributed by atoms with van der Waals surface area (Å²) in [5.74, 6) is -0.594. The van der Waals surface area contributed by atoms with Crippen LogP contribution in [0.5, 0.6) is 11.5 Å². The summed E-state index contributed by atoms with van der Waals surface area (Å²) in [6, 6.07) is 12.7. The zero-order chi connectivity index (χ0) is 24.5. The molecule has 1 aromatic heterocycles. The van der Waals surface area contributed by atoms with Gasteiger partial charge in [-0.05, 0) is 55.0 Å². The van der Waals surface area contributed by atoms with E-state index >= 15 is 0 Å². The molecular weight excluding hydrogens is 456 g/mol. The van der Waals surface area contributed by atoms with Gasteiger partial charge in [-0.3, -0.25) is 19.3 Å². The first-order valence-corrected chi connectivity index (χ1v) is 10.8. The minimum absolute atomic E-state index is 0.0142. The first-order valence-electron chi connectivity index (χ1n) is 10.8. The Labute approximate surface area is 199 Å². The Morgan fingerprint density at radius 2 is 1.83 bits per heavy atom. The number of hydrogen-bond acceptors (Lipinski definition) is 8. The van der Waals surface area contributed by atoms with Crippen molar-refractivity contribution in [3.8, 4) is 11.5 Å². The lowest BCUT2D eigenvalue weighted by Crippen LogP contribution is -2.35. The van der Waals surface area contributed by atoms with Gasteiger partial charge in [0.2, 0.25) is 6.79 Å². The fourth-order valence-electron chi connectivity index (χ4n) is 3.79. The maximum atomic E-state index is 12.8. The predicted octanol–water partition coefficient (Wildman–Crippen LogP) is 2.67. The molecule has 3 aromatic rings. The fraction of sp³-hybridized carbons (Fsp3) is 0.200. The summed E-state index contributed by atoms with van der Waals surface area (Å²) >= 11 is 0. The highest BCUT2D eigenvalue weighted by molar-refractivity contribution is 6.21. The van der Waals surface area contributed by atoms with Gasteiger partial charge < -0.3 is 23.9 Å². The van der Waals surface area contributed by atoms with Crippen LogP contribution in [0.15, 0.2) is 59.2 Å². The van der Waals surface area contributed by atoms with Gasteiger partial charge in [-0.25, -0.2) is 4.79 Å². The second-order valence-electron chi connectivity index (χ2n) is 7.99. The minimum atomic E-state index is -1.09. The lowest BCUT2D eigenvalue weighted by Gasteiger charge is -2.14. The SMILES string of the molecule is C[C@@H](OC(=O)c1ccc2c(c1)C(=O)N(Cc1ccco1)C2=O)C(=O)NCc1ccc2c(c1)OCO2. The largest absolute Gasteiger partial charge is 0.467 e. The van der Waals surface area contributed by atoms with E-state index in [9.17, 15) is 19.2 Å². The highest BCUT2D eigenvalue weighted by Crippen LogP contribution is 2.32. The molecule has 5 rings (SSSR count). The summed E-state index contributed by atoms with van der Waals surface area (Å²) in [5.41, 5.74) is 1.13. The number of nitrogens with one attached hydrogen (secondary N) is 1. The molecule has 0 radical (unpaired) electrons. The van der Waals surface area contributed by atoms with E-state index in [-0.39, 0.29) is 36.6 Å². The van der Waals surface area contributed by atoms with E-state index in [4.69, 9.17) is 18.6 Å². The maximum Gasteiger partial charge on any atom is 0.338 e. The molecule has 3 heterocycles. The van der Waals surface area contributed by atoms with Crippen molar-refractivity contribution < 1.29 is 37.8 Å². The molecule has 10 nitrogen and oxygen atoms in total. The topological polar surface area (TPSA) is 124 Å². The molecule has 1 atom stereocenters. The first kappa shape index (κ1) is 22.2. The standard InChI is InChI=1S/C25H20N2O8/c1-14(22(28)26-11-15-4-7-20-21(9-15)34-13-33-20)35-25(31)16-5-6-18-19(10-16)24(30)27(23(18)29)12-17-3-2-8-32-17/h2-10,14H,11-13H2,1H3,(H,26,28)/t14-/m1/s1. The summed E-state index contributed by atoms with van der Waals surface area (Å²) in [6.45, 7) is 1.79. The van der Waals surface area contributed by atoms with Crippen LogP contribution >= 0.6 is 0 Å². The summed E-state index contributed by atoms with van der Waals surface area (Å²) < 4.78 is 21.1. The smallest absolute Gasteiger partial charge is 0.338 e. The summed E-state index contributed by atoms with van der Waals surface area (Å²) in [4.78, 5) is 51.5. The van der Waals surface area contributed by atoms with Gasteiger partial charge in [0.1, 0.15) is 5.76 Å². The summed E-state index contributed by atoms with van der Waals surface area (Å²) in [6.07, 6.45) is 0.367. The lowest BCUT2D eigenvalue weighted by atomic mass is 10.1. The number of fused-ring (bicyclic) bond motifs is 2. The van der Waals surface area contributed by atoms with Crippen molar-refractivity contribution in [2.75, 3.05) is 6.79 Å². The number of rotatable bonds is 7. The van der Waals surface area contributed by atoms with Crippen molar-refractivity contribution in [2.45, 2.75) is 26.1 Å². The van der Waals surface area contributed by atoms with Gasteiger partial charge in [0.05, 0.1) is 29.5 Å². The third-order valence-electron chi connectivity index (χ3n) is 5.66. The van der Waals surface area contributed by atoms with Gasteiger partial charge in [0.25, 0.3) is 17.7 Å². The molecule has 0 bridgehead atoms. The number of amides is 3. The van der Waals surface area contributed by atoms with E-state index in [2.05, 4.69) is 5.32 Å². The maximum absolute atomic E-state index is 12.8. The number of benzene rings is 2. The molecular formula is C25H20N2O8. The van der Waals surface area contributed by atoms with Crippen molar-refractivity contribution in [3.63, 3.8) is 0 Å². The summed E-state index contributed by atoms with van der Waals surface area (Å²) in [7, 11) is 0. The molecule has 35 heavy (non-hydrogen) atoms. The highest BCUT2D eigenvalue weighted by Gasteiger charge is 2.36. The van der Waals surface area contributed by atoms with Crippen LogP contribution in [0.3, 0.4) is 0 Å². The monoisotopic (exact) mass is 476 g/mol. The lowest BCUT2D eigenvalue weighted by molar-refractivity contribution is -0.129. The van der Waals surface area contributed by atoms with Crippen LogP contribution < -0.4 is 14.8 Å². The second-order valence-corrected chi connectivity index (χ2v) is 7.99. The highest BCUT2D eigenvalue weighted by atomic mass is 16.7. The van der Waals surface area contributed by atoms with Crippen LogP contribution in [0.4, 0.5) is 0 Å². The van der Waals surface area contributed by atoms with Gasteiger partial charge >= 0.3 is 5.97 Å². The van der Waals surface area contributed by atoms with Crippen molar-refractivity contribution in [1.29, 1.82) is 0 Å². The van der Waals surface area contributed by atoms with E-state index in [1.807, 2.05) is 0 Å². The van der Waals surface area contributed by atoms with E-state index in [1.54, 1.807) is 30.3 Å². The number of carbonyl (C=O) groups excluding carboxylic acids is 4. The Kier molecular flexibility index (Phi) is 5.69. The molecule has 10 heteroatoms. The molecule has 1 N–H and O–H groups in total. The number of esters is 1. The molecule has 3 amide bonds. The molecule has 2 aliphatic heterocycles. The first-order chi connectivity index (χ1) is 16.9. The minimum Gasteiger partial charge on any atom is -0.467 e. The molecule has 0 unspecified atom stereocenters. The number of imide groups is 1. The number of hydrogen-bond donors (Lipinski definition) is 1. The van der Waals surface area contributed by atoms with E-state index in [0.29, 0.717) is 17.3 Å². The quantitative estimate of drug-likeness (QED) is 0.408. The molecule has 0 spiro atoms. The van der Waals surface area contributed by atoms with Crippen LogP contribution in [0.25, 0.3) is 0 Å². The van der Waals surface area contributed by atoms with Gasteiger partial charge in [-0.1, -0.05) is 6.07 Å². The second kappa shape index (κ2) is 8.98. The molecule has 0 saturated carbocycles. The van der Waals surface area contributed by atoms with Gasteiger partial charge in [-0.2, -0.15) is 0 Å². The van der Waals surface area contributed by atoms with E-state index in [0.717, 1.165) is 10.5 Å². The fourth-order valence-corrected chi connectivity index (χ4v) is 3.79. The molecule has 0 fully saturated rings. The van der Waals surface area contributed by atoms with Crippen molar-refractivity contribution in [3.05, 3.63) is 82.8 Å². The Hall–Kier alpha value is -4.60. The Bertz CT molecular complexity index is 1330. The number of ether oxygens (including phenoxy) is 3. The third-order valence-corrected chi connectivity index (χ3v) is 5.66. The predicted molar refractivity (Wildman–Crippen MR) is 119 cm³/mol.